The Hall–Kier alpha value is -1.36. The van der Waals surface area contributed by atoms with E-state index in [1.54, 1.807) is 0 Å². The van der Waals surface area contributed by atoms with Crippen LogP contribution >= 0.6 is 11.6 Å². The third kappa shape index (κ3) is 3.66. The highest BCUT2D eigenvalue weighted by Gasteiger charge is 2.18. The molecule has 0 amide bonds. The van der Waals surface area contributed by atoms with Crippen molar-refractivity contribution in [2.45, 2.75) is 32.2 Å². The number of nitro groups is 1. The van der Waals surface area contributed by atoms with Crippen LogP contribution in [0.1, 0.15) is 25.7 Å². The average molecular weight is 244 g/mol. The molecule has 0 aliphatic rings. The Morgan fingerprint density at radius 2 is 2.31 bits per heavy atom. The average Bonchev–Trinajstić information content (AvgIpc) is 2.59. The standard InChI is InChI=1S/C10H14ClN3O2/c1-2-3-4-5-6-7-13-8-9(11)10(12-13)14(15)16/h2,8H,1,3-7H2. The summed E-state index contributed by atoms with van der Waals surface area (Å²) in [5, 5.41) is 14.4. The third-order valence-corrected chi connectivity index (χ3v) is 2.43. The molecule has 0 saturated carbocycles. The number of allylic oxidation sites excluding steroid dienone is 1. The molecule has 0 radical (unpaired) electrons. The van der Waals surface area contributed by atoms with Crippen LogP contribution in [0.2, 0.25) is 5.02 Å². The number of hydrogen-bond acceptors (Lipinski definition) is 3. The Morgan fingerprint density at radius 3 is 2.88 bits per heavy atom. The van der Waals surface area contributed by atoms with Crippen molar-refractivity contribution in [1.29, 1.82) is 0 Å². The van der Waals surface area contributed by atoms with Crippen molar-refractivity contribution in [2.75, 3.05) is 0 Å². The normalized spacial score (nSPS) is 10.3. The first kappa shape index (κ1) is 12.7. The van der Waals surface area contributed by atoms with E-state index in [0.29, 0.717) is 6.54 Å². The van der Waals surface area contributed by atoms with Gasteiger partial charge < -0.3 is 10.1 Å². The summed E-state index contributed by atoms with van der Waals surface area (Å²) in [7, 11) is 0. The monoisotopic (exact) mass is 243 g/mol. The van der Waals surface area contributed by atoms with Gasteiger partial charge in [0.05, 0.1) is 17.8 Å². The number of unbranched alkanes of at least 4 members (excludes halogenated alkanes) is 3. The fourth-order valence-electron chi connectivity index (χ4n) is 1.36. The second kappa shape index (κ2) is 6.27. The van der Waals surface area contributed by atoms with E-state index in [1.165, 1.54) is 10.9 Å². The fourth-order valence-corrected chi connectivity index (χ4v) is 1.58. The van der Waals surface area contributed by atoms with E-state index in [2.05, 4.69) is 11.7 Å². The van der Waals surface area contributed by atoms with Crippen molar-refractivity contribution in [1.82, 2.24) is 9.78 Å². The van der Waals surface area contributed by atoms with Crippen LogP contribution in [-0.4, -0.2) is 14.7 Å². The molecule has 0 aliphatic carbocycles. The fraction of sp³-hybridized carbons (Fsp3) is 0.500. The highest BCUT2D eigenvalue weighted by atomic mass is 35.5. The molecular weight excluding hydrogens is 230 g/mol. The molecule has 0 N–H and O–H groups in total. The summed E-state index contributed by atoms with van der Waals surface area (Å²) in [5.41, 5.74) is 0. The molecule has 1 aromatic heterocycles. The van der Waals surface area contributed by atoms with Gasteiger partial charge in [0.15, 0.2) is 5.02 Å². The van der Waals surface area contributed by atoms with Crippen LogP contribution in [0.4, 0.5) is 5.82 Å². The van der Waals surface area contributed by atoms with Gasteiger partial charge in [-0.3, -0.25) is 0 Å². The predicted molar refractivity (Wildman–Crippen MR) is 62.6 cm³/mol. The van der Waals surface area contributed by atoms with E-state index in [1.807, 2.05) is 6.08 Å². The topological polar surface area (TPSA) is 61.0 Å². The van der Waals surface area contributed by atoms with Gasteiger partial charge in [-0.25, -0.2) is 0 Å². The Morgan fingerprint density at radius 1 is 1.56 bits per heavy atom. The number of nitrogens with zero attached hydrogens (tertiary/aromatic N) is 3. The van der Waals surface area contributed by atoms with Crippen LogP contribution in [0.25, 0.3) is 0 Å². The quantitative estimate of drug-likeness (QED) is 0.320. The molecule has 0 unspecified atom stereocenters. The van der Waals surface area contributed by atoms with Crippen LogP contribution < -0.4 is 0 Å². The molecule has 1 aromatic rings. The molecule has 0 aromatic carbocycles. The summed E-state index contributed by atoms with van der Waals surface area (Å²) in [4.78, 5) is 9.91. The van der Waals surface area contributed by atoms with E-state index in [0.717, 1.165) is 25.7 Å². The lowest BCUT2D eigenvalue weighted by atomic mass is 10.2. The number of aryl methyl sites for hydroxylation is 1. The van der Waals surface area contributed by atoms with Gasteiger partial charge in [-0.1, -0.05) is 24.1 Å². The molecule has 0 spiro atoms. The molecule has 0 atom stereocenters. The number of aromatic nitrogens is 2. The van der Waals surface area contributed by atoms with Crippen molar-refractivity contribution in [3.8, 4) is 0 Å². The largest absolute Gasteiger partial charge is 0.408 e. The van der Waals surface area contributed by atoms with E-state index in [4.69, 9.17) is 11.6 Å². The van der Waals surface area contributed by atoms with E-state index < -0.39 is 4.92 Å². The third-order valence-electron chi connectivity index (χ3n) is 2.17. The van der Waals surface area contributed by atoms with Crippen molar-refractivity contribution in [3.05, 3.63) is 34.0 Å². The van der Waals surface area contributed by atoms with Gasteiger partial charge in [-0.15, -0.1) is 6.58 Å². The molecule has 1 rings (SSSR count). The first-order valence-corrected chi connectivity index (χ1v) is 5.51. The Kier molecular flexibility index (Phi) is 4.98. The highest BCUT2D eigenvalue weighted by Crippen LogP contribution is 2.21. The molecule has 5 nitrogen and oxygen atoms in total. The van der Waals surface area contributed by atoms with E-state index >= 15 is 0 Å². The first-order valence-electron chi connectivity index (χ1n) is 5.13. The van der Waals surface area contributed by atoms with Gasteiger partial charge in [0.25, 0.3) is 0 Å². The molecule has 16 heavy (non-hydrogen) atoms. The Bertz CT molecular complexity index is 376. The van der Waals surface area contributed by atoms with Crippen LogP contribution in [-0.2, 0) is 6.54 Å². The van der Waals surface area contributed by atoms with Crippen molar-refractivity contribution in [3.63, 3.8) is 0 Å². The summed E-state index contributed by atoms with van der Waals surface area (Å²) in [6.07, 6.45) is 7.45. The number of rotatable bonds is 7. The van der Waals surface area contributed by atoms with E-state index in [9.17, 15) is 10.1 Å². The van der Waals surface area contributed by atoms with Crippen LogP contribution in [0, 0.1) is 10.1 Å². The molecule has 0 fully saturated rings. The smallest absolute Gasteiger partial charge is 0.358 e. The van der Waals surface area contributed by atoms with Crippen molar-refractivity contribution >= 4 is 17.4 Å². The molecule has 88 valence electrons. The van der Waals surface area contributed by atoms with Gasteiger partial charge in [-0.2, -0.15) is 4.68 Å². The molecule has 0 aliphatic heterocycles. The summed E-state index contributed by atoms with van der Waals surface area (Å²) in [6, 6.07) is 0. The van der Waals surface area contributed by atoms with Crippen molar-refractivity contribution in [2.24, 2.45) is 0 Å². The SMILES string of the molecule is C=CCCCCCn1cc(Cl)c([N+](=O)[O-])n1. The van der Waals surface area contributed by atoms with Crippen LogP contribution in [0.15, 0.2) is 18.9 Å². The number of halogens is 1. The minimum absolute atomic E-state index is 0.0936. The molecular formula is C10H14ClN3O2. The zero-order valence-corrected chi connectivity index (χ0v) is 9.69. The lowest BCUT2D eigenvalue weighted by Crippen LogP contribution is -1.99. The highest BCUT2D eigenvalue weighted by molar-refractivity contribution is 6.32. The minimum Gasteiger partial charge on any atom is -0.358 e. The second-order valence-electron chi connectivity index (χ2n) is 3.46. The first-order chi connectivity index (χ1) is 7.65. The van der Waals surface area contributed by atoms with E-state index in [-0.39, 0.29) is 10.8 Å². The van der Waals surface area contributed by atoms with Crippen LogP contribution in [0.3, 0.4) is 0 Å². The molecule has 1 heterocycles. The maximum atomic E-state index is 10.5. The maximum Gasteiger partial charge on any atom is 0.408 e. The van der Waals surface area contributed by atoms with Gasteiger partial charge in [0.1, 0.15) is 0 Å². The summed E-state index contributed by atoms with van der Waals surface area (Å²) >= 11 is 5.66. The Labute approximate surface area is 98.9 Å². The van der Waals surface area contributed by atoms with Gasteiger partial charge in [0.2, 0.25) is 0 Å². The van der Waals surface area contributed by atoms with Gasteiger partial charge in [-0.05, 0) is 24.2 Å². The minimum atomic E-state index is -0.573. The maximum absolute atomic E-state index is 10.5. The summed E-state index contributed by atoms with van der Waals surface area (Å²) < 4.78 is 1.52. The van der Waals surface area contributed by atoms with Crippen molar-refractivity contribution < 1.29 is 4.92 Å². The molecule has 0 bridgehead atoms. The zero-order valence-electron chi connectivity index (χ0n) is 8.93. The van der Waals surface area contributed by atoms with Gasteiger partial charge in [0, 0.05) is 0 Å². The number of hydrogen-bond donors (Lipinski definition) is 0. The summed E-state index contributed by atoms with van der Waals surface area (Å²) in [6.45, 7) is 4.30. The zero-order chi connectivity index (χ0) is 12.0. The molecule has 6 heteroatoms. The van der Waals surface area contributed by atoms with Crippen LogP contribution in [0.5, 0.6) is 0 Å². The molecule has 0 saturated heterocycles. The predicted octanol–water partition coefficient (Wildman–Crippen LogP) is 3.19. The van der Waals surface area contributed by atoms with Gasteiger partial charge >= 0.3 is 5.82 Å². The Balaban J connectivity index is 2.40. The lowest BCUT2D eigenvalue weighted by Gasteiger charge is -1.96. The lowest BCUT2D eigenvalue weighted by molar-refractivity contribution is -0.389. The second-order valence-corrected chi connectivity index (χ2v) is 3.87. The summed E-state index contributed by atoms with van der Waals surface area (Å²) in [5.74, 6) is -0.271.